The summed E-state index contributed by atoms with van der Waals surface area (Å²) in [5.74, 6) is 0.783. The summed E-state index contributed by atoms with van der Waals surface area (Å²) in [7, 11) is 1.82. The van der Waals surface area contributed by atoms with Gasteiger partial charge in [-0.25, -0.2) is 4.98 Å². The summed E-state index contributed by atoms with van der Waals surface area (Å²) >= 11 is 2.24. The first-order chi connectivity index (χ1) is 7.66. The zero-order valence-corrected chi connectivity index (χ0v) is 11.0. The van der Waals surface area contributed by atoms with Gasteiger partial charge in [0.1, 0.15) is 12.2 Å². The van der Waals surface area contributed by atoms with Crippen molar-refractivity contribution in [3.63, 3.8) is 0 Å². The Morgan fingerprint density at radius 2 is 2.06 bits per heavy atom. The maximum absolute atomic E-state index is 10.0. The standard InChI is InChI=1S/C11H12IN3O/c1-15-11(13-7-14-15)6-10(16)8-2-4-9(12)5-3-8/h2-5,7,10,16H,6H2,1H3. The molecule has 2 rings (SSSR count). The Kier molecular flexibility index (Phi) is 3.55. The minimum atomic E-state index is -0.528. The van der Waals surface area contributed by atoms with Gasteiger partial charge in [-0.15, -0.1) is 0 Å². The smallest absolute Gasteiger partial charge is 0.138 e. The van der Waals surface area contributed by atoms with Crippen molar-refractivity contribution in [2.45, 2.75) is 12.5 Å². The molecule has 1 unspecified atom stereocenters. The highest BCUT2D eigenvalue weighted by molar-refractivity contribution is 14.1. The van der Waals surface area contributed by atoms with Crippen molar-refractivity contribution in [2.75, 3.05) is 0 Å². The minimum absolute atomic E-state index is 0.483. The summed E-state index contributed by atoms with van der Waals surface area (Å²) in [6, 6.07) is 7.83. The van der Waals surface area contributed by atoms with Gasteiger partial charge in [-0.1, -0.05) is 12.1 Å². The summed E-state index contributed by atoms with van der Waals surface area (Å²) < 4.78 is 2.84. The number of aliphatic hydroxyl groups is 1. The summed E-state index contributed by atoms with van der Waals surface area (Å²) in [6.07, 6.45) is 1.45. The predicted octanol–water partition coefficient (Wildman–Crippen LogP) is 1.70. The molecule has 0 spiro atoms. The summed E-state index contributed by atoms with van der Waals surface area (Å²) in [5, 5.41) is 14.0. The largest absolute Gasteiger partial charge is 0.388 e. The van der Waals surface area contributed by atoms with Gasteiger partial charge in [0.2, 0.25) is 0 Å². The maximum Gasteiger partial charge on any atom is 0.138 e. The van der Waals surface area contributed by atoms with Crippen LogP contribution in [0.15, 0.2) is 30.6 Å². The van der Waals surface area contributed by atoms with Crippen LogP contribution in [-0.2, 0) is 13.5 Å². The molecule has 0 amide bonds. The summed E-state index contributed by atoms with van der Waals surface area (Å²) in [4.78, 5) is 4.09. The minimum Gasteiger partial charge on any atom is -0.388 e. The molecule has 0 fully saturated rings. The molecule has 1 aromatic heterocycles. The highest BCUT2D eigenvalue weighted by atomic mass is 127. The molecule has 0 aliphatic rings. The van der Waals surface area contributed by atoms with Crippen LogP contribution in [0.25, 0.3) is 0 Å². The molecule has 84 valence electrons. The van der Waals surface area contributed by atoms with E-state index in [0.29, 0.717) is 6.42 Å². The summed E-state index contributed by atoms with van der Waals surface area (Å²) in [6.45, 7) is 0. The lowest BCUT2D eigenvalue weighted by atomic mass is 10.1. The molecular weight excluding hydrogens is 317 g/mol. The van der Waals surface area contributed by atoms with E-state index < -0.39 is 6.10 Å². The van der Waals surface area contributed by atoms with Crippen LogP contribution >= 0.6 is 22.6 Å². The van der Waals surface area contributed by atoms with E-state index in [0.717, 1.165) is 15.0 Å². The van der Waals surface area contributed by atoms with E-state index in [1.165, 1.54) is 6.33 Å². The fraction of sp³-hybridized carbons (Fsp3) is 0.273. The molecule has 5 heteroatoms. The van der Waals surface area contributed by atoms with Crippen LogP contribution in [-0.4, -0.2) is 19.9 Å². The van der Waals surface area contributed by atoms with Crippen molar-refractivity contribution in [2.24, 2.45) is 7.05 Å². The van der Waals surface area contributed by atoms with Crippen LogP contribution in [0.5, 0.6) is 0 Å². The SMILES string of the molecule is Cn1ncnc1CC(O)c1ccc(I)cc1. The van der Waals surface area contributed by atoms with Gasteiger partial charge < -0.3 is 5.11 Å². The maximum atomic E-state index is 10.0. The van der Waals surface area contributed by atoms with Crippen LogP contribution in [0.4, 0.5) is 0 Å². The first kappa shape index (κ1) is 11.5. The Balaban J connectivity index is 2.11. The van der Waals surface area contributed by atoms with Crippen molar-refractivity contribution in [1.29, 1.82) is 0 Å². The van der Waals surface area contributed by atoms with Crippen molar-refractivity contribution in [1.82, 2.24) is 14.8 Å². The molecule has 16 heavy (non-hydrogen) atoms. The van der Waals surface area contributed by atoms with E-state index in [1.54, 1.807) is 4.68 Å². The number of nitrogens with zero attached hydrogens (tertiary/aromatic N) is 3. The molecular formula is C11H12IN3O. The second-order valence-electron chi connectivity index (χ2n) is 3.57. The third kappa shape index (κ3) is 2.59. The number of hydrogen-bond donors (Lipinski definition) is 1. The zero-order chi connectivity index (χ0) is 11.5. The van der Waals surface area contributed by atoms with Crippen molar-refractivity contribution >= 4 is 22.6 Å². The van der Waals surface area contributed by atoms with E-state index in [9.17, 15) is 5.11 Å². The molecule has 2 aromatic rings. The number of aromatic nitrogens is 3. The Bertz CT molecular complexity index is 466. The van der Waals surface area contributed by atoms with Gasteiger partial charge in [0.05, 0.1) is 6.10 Å². The number of aryl methyl sites for hydroxylation is 1. The third-order valence-corrected chi connectivity index (χ3v) is 3.16. The Labute approximate surface area is 107 Å². The van der Waals surface area contributed by atoms with Crippen LogP contribution in [0.2, 0.25) is 0 Å². The number of halogens is 1. The molecule has 0 bridgehead atoms. The molecule has 0 saturated heterocycles. The average Bonchev–Trinajstić information content (AvgIpc) is 2.65. The third-order valence-electron chi connectivity index (χ3n) is 2.44. The highest BCUT2D eigenvalue weighted by Crippen LogP contribution is 2.18. The van der Waals surface area contributed by atoms with Crippen molar-refractivity contribution in [3.05, 3.63) is 45.6 Å². The summed E-state index contributed by atoms with van der Waals surface area (Å²) in [5.41, 5.74) is 0.906. The fourth-order valence-corrected chi connectivity index (χ4v) is 1.84. The lowest BCUT2D eigenvalue weighted by Gasteiger charge is -2.10. The fourth-order valence-electron chi connectivity index (χ4n) is 1.48. The van der Waals surface area contributed by atoms with E-state index >= 15 is 0 Å². The first-order valence-corrected chi connectivity index (χ1v) is 6.01. The molecule has 1 aromatic carbocycles. The number of hydrogen-bond acceptors (Lipinski definition) is 3. The van der Waals surface area contributed by atoms with Crippen molar-refractivity contribution < 1.29 is 5.11 Å². The highest BCUT2D eigenvalue weighted by Gasteiger charge is 2.11. The number of aliphatic hydroxyl groups excluding tert-OH is 1. The molecule has 4 nitrogen and oxygen atoms in total. The molecule has 0 saturated carbocycles. The van der Waals surface area contributed by atoms with Gasteiger partial charge in [-0.05, 0) is 40.3 Å². The van der Waals surface area contributed by atoms with Gasteiger partial charge in [0.15, 0.2) is 0 Å². The molecule has 0 aliphatic carbocycles. The Morgan fingerprint density at radius 3 is 2.62 bits per heavy atom. The van der Waals surface area contributed by atoms with E-state index in [1.807, 2.05) is 31.3 Å². The van der Waals surface area contributed by atoms with Crippen LogP contribution in [0.1, 0.15) is 17.5 Å². The van der Waals surface area contributed by atoms with Crippen LogP contribution in [0, 0.1) is 3.57 Å². The monoisotopic (exact) mass is 329 g/mol. The lowest BCUT2D eigenvalue weighted by Crippen LogP contribution is -2.07. The second kappa shape index (κ2) is 4.92. The van der Waals surface area contributed by atoms with E-state index in [2.05, 4.69) is 32.7 Å². The van der Waals surface area contributed by atoms with Gasteiger partial charge in [-0.2, -0.15) is 5.10 Å². The molecule has 1 N–H and O–H groups in total. The molecule has 1 atom stereocenters. The molecule has 0 radical (unpaired) electrons. The number of rotatable bonds is 3. The van der Waals surface area contributed by atoms with Crippen LogP contribution in [0.3, 0.4) is 0 Å². The Hall–Kier alpha value is -0.950. The predicted molar refractivity (Wildman–Crippen MR) is 68.8 cm³/mol. The normalized spacial score (nSPS) is 12.7. The van der Waals surface area contributed by atoms with Gasteiger partial charge in [-0.3, -0.25) is 4.68 Å². The van der Waals surface area contributed by atoms with E-state index in [-0.39, 0.29) is 0 Å². The zero-order valence-electron chi connectivity index (χ0n) is 8.84. The number of benzene rings is 1. The second-order valence-corrected chi connectivity index (χ2v) is 4.82. The van der Waals surface area contributed by atoms with Gasteiger partial charge in [0.25, 0.3) is 0 Å². The van der Waals surface area contributed by atoms with Crippen molar-refractivity contribution in [3.8, 4) is 0 Å². The quantitative estimate of drug-likeness (QED) is 0.872. The lowest BCUT2D eigenvalue weighted by molar-refractivity contribution is 0.174. The van der Waals surface area contributed by atoms with Gasteiger partial charge in [0, 0.05) is 17.0 Å². The van der Waals surface area contributed by atoms with Crippen LogP contribution < -0.4 is 0 Å². The van der Waals surface area contributed by atoms with E-state index in [4.69, 9.17) is 0 Å². The molecule has 1 heterocycles. The van der Waals surface area contributed by atoms with Gasteiger partial charge >= 0.3 is 0 Å². The Morgan fingerprint density at radius 1 is 1.38 bits per heavy atom. The molecule has 0 aliphatic heterocycles. The first-order valence-electron chi connectivity index (χ1n) is 4.93. The topological polar surface area (TPSA) is 50.9 Å². The average molecular weight is 329 g/mol.